The average Bonchev–Trinajstić information content (AvgIpc) is 2.89. The highest BCUT2D eigenvalue weighted by atomic mass is 16.5. The maximum atomic E-state index is 10.2. The van der Waals surface area contributed by atoms with Crippen LogP contribution < -0.4 is 5.73 Å². The molecule has 1 heterocycles. The Morgan fingerprint density at radius 1 is 1.54 bits per heavy atom. The zero-order chi connectivity index (χ0) is 9.31. The molecular weight excluding hydrogens is 166 g/mol. The Bertz CT molecular complexity index is 174. The van der Waals surface area contributed by atoms with Crippen LogP contribution in [0.15, 0.2) is 0 Å². The van der Waals surface area contributed by atoms with Gasteiger partial charge in [-0.05, 0) is 25.2 Å². The lowest BCUT2D eigenvalue weighted by Crippen LogP contribution is -2.53. The van der Waals surface area contributed by atoms with Gasteiger partial charge in [0.05, 0.1) is 6.61 Å². The molecule has 76 valence electrons. The van der Waals surface area contributed by atoms with E-state index in [9.17, 15) is 5.11 Å². The molecule has 1 aliphatic carbocycles. The van der Waals surface area contributed by atoms with Crippen molar-refractivity contribution in [2.45, 2.75) is 43.7 Å². The molecule has 3 N–H and O–H groups in total. The van der Waals surface area contributed by atoms with Crippen LogP contribution in [-0.2, 0) is 4.74 Å². The fourth-order valence-corrected chi connectivity index (χ4v) is 2.03. The molecule has 2 fully saturated rings. The predicted octanol–water partition coefficient (Wildman–Crippen LogP) is 0.655. The van der Waals surface area contributed by atoms with Gasteiger partial charge in [0, 0.05) is 12.6 Å². The van der Waals surface area contributed by atoms with Crippen LogP contribution >= 0.6 is 0 Å². The van der Waals surface area contributed by atoms with E-state index in [1.54, 1.807) is 0 Å². The maximum Gasteiger partial charge on any atom is 0.103 e. The third-order valence-corrected chi connectivity index (χ3v) is 3.22. The van der Waals surface area contributed by atoms with Crippen molar-refractivity contribution in [3.05, 3.63) is 0 Å². The van der Waals surface area contributed by atoms with Gasteiger partial charge < -0.3 is 15.6 Å². The highest BCUT2D eigenvalue weighted by Crippen LogP contribution is 2.36. The SMILES string of the molecule is NC(CC1CC1)C1(O)CCCOC1. The van der Waals surface area contributed by atoms with Gasteiger partial charge in [-0.1, -0.05) is 12.8 Å². The Morgan fingerprint density at radius 2 is 2.31 bits per heavy atom. The topological polar surface area (TPSA) is 55.5 Å². The second-order valence-electron chi connectivity index (χ2n) is 4.55. The zero-order valence-electron chi connectivity index (χ0n) is 8.04. The van der Waals surface area contributed by atoms with E-state index in [1.165, 1.54) is 12.8 Å². The summed E-state index contributed by atoms with van der Waals surface area (Å²) in [6, 6.07) is -0.0831. The fraction of sp³-hybridized carbons (Fsp3) is 1.00. The van der Waals surface area contributed by atoms with E-state index in [-0.39, 0.29) is 6.04 Å². The molecule has 0 radical (unpaired) electrons. The van der Waals surface area contributed by atoms with Crippen LogP contribution in [0.5, 0.6) is 0 Å². The van der Waals surface area contributed by atoms with E-state index in [4.69, 9.17) is 10.5 Å². The molecule has 0 spiro atoms. The minimum absolute atomic E-state index is 0.0831. The smallest absolute Gasteiger partial charge is 0.103 e. The normalized spacial score (nSPS) is 37.4. The Morgan fingerprint density at radius 3 is 2.85 bits per heavy atom. The first-order valence-corrected chi connectivity index (χ1v) is 5.26. The number of nitrogens with two attached hydrogens (primary N) is 1. The molecule has 0 bridgehead atoms. The molecule has 1 saturated heterocycles. The summed E-state index contributed by atoms with van der Waals surface area (Å²) in [6.07, 6.45) is 5.31. The molecule has 2 aliphatic rings. The Labute approximate surface area is 79.3 Å². The molecule has 2 atom stereocenters. The fourth-order valence-electron chi connectivity index (χ4n) is 2.03. The summed E-state index contributed by atoms with van der Waals surface area (Å²) in [5, 5.41) is 10.2. The second-order valence-corrected chi connectivity index (χ2v) is 4.55. The summed E-state index contributed by atoms with van der Waals surface area (Å²) in [5.74, 6) is 0.779. The summed E-state index contributed by atoms with van der Waals surface area (Å²) in [4.78, 5) is 0. The third-order valence-electron chi connectivity index (χ3n) is 3.22. The van der Waals surface area contributed by atoms with Crippen LogP contribution in [0.2, 0.25) is 0 Å². The number of ether oxygens (including phenoxy) is 1. The van der Waals surface area contributed by atoms with E-state index in [0.717, 1.165) is 31.8 Å². The summed E-state index contributed by atoms with van der Waals surface area (Å²) >= 11 is 0. The third kappa shape index (κ3) is 2.22. The largest absolute Gasteiger partial charge is 0.386 e. The van der Waals surface area contributed by atoms with Crippen molar-refractivity contribution in [3.63, 3.8) is 0 Å². The molecule has 3 nitrogen and oxygen atoms in total. The highest BCUT2D eigenvalue weighted by molar-refractivity contribution is 4.94. The molecule has 0 aromatic carbocycles. The maximum absolute atomic E-state index is 10.2. The van der Waals surface area contributed by atoms with Gasteiger partial charge in [0.15, 0.2) is 0 Å². The number of hydrogen-bond donors (Lipinski definition) is 2. The number of rotatable bonds is 3. The van der Waals surface area contributed by atoms with Gasteiger partial charge in [-0.3, -0.25) is 0 Å². The van der Waals surface area contributed by atoms with E-state index in [1.807, 2.05) is 0 Å². The predicted molar refractivity (Wildman–Crippen MR) is 50.3 cm³/mol. The molecule has 0 amide bonds. The summed E-state index contributed by atoms with van der Waals surface area (Å²) in [6.45, 7) is 1.21. The highest BCUT2D eigenvalue weighted by Gasteiger charge is 2.39. The summed E-state index contributed by atoms with van der Waals surface area (Å²) in [7, 11) is 0. The molecular formula is C10H19NO2. The van der Waals surface area contributed by atoms with E-state index >= 15 is 0 Å². The molecule has 0 aromatic rings. The van der Waals surface area contributed by atoms with Crippen LogP contribution in [0.3, 0.4) is 0 Å². The van der Waals surface area contributed by atoms with Gasteiger partial charge in [0.25, 0.3) is 0 Å². The second kappa shape index (κ2) is 3.56. The van der Waals surface area contributed by atoms with Gasteiger partial charge in [-0.15, -0.1) is 0 Å². The molecule has 3 heteroatoms. The van der Waals surface area contributed by atoms with Crippen LogP contribution in [0.25, 0.3) is 0 Å². The van der Waals surface area contributed by atoms with E-state index in [0.29, 0.717) is 6.61 Å². The van der Waals surface area contributed by atoms with Crippen LogP contribution in [-0.4, -0.2) is 30.0 Å². The first-order chi connectivity index (χ1) is 6.21. The van der Waals surface area contributed by atoms with Crippen molar-refractivity contribution in [3.8, 4) is 0 Å². The first kappa shape index (κ1) is 9.44. The molecule has 0 aromatic heterocycles. The first-order valence-electron chi connectivity index (χ1n) is 5.26. The Balaban J connectivity index is 1.86. The van der Waals surface area contributed by atoms with E-state index in [2.05, 4.69) is 0 Å². The van der Waals surface area contributed by atoms with Gasteiger partial charge >= 0.3 is 0 Å². The molecule has 1 saturated carbocycles. The van der Waals surface area contributed by atoms with Crippen LogP contribution in [0, 0.1) is 5.92 Å². The number of aliphatic hydroxyl groups is 1. The Hall–Kier alpha value is -0.120. The number of hydrogen-bond acceptors (Lipinski definition) is 3. The average molecular weight is 185 g/mol. The molecule has 1 aliphatic heterocycles. The monoisotopic (exact) mass is 185 g/mol. The lowest BCUT2D eigenvalue weighted by atomic mass is 9.86. The molecule has 13 heavy (non-hydrogen) atoms. The quantitative estimate of drug-likeness (QED) is 0.679. The van der Waals surface area contributed by atoms with Crippen molar-refractivity contribution >= 4 is 0 Å². The van der Waals surface area contributed by atoms with Crippen molar-refractivity contribution in [2.75, 3.05) is 13.2 Å². The van der Waals surface area contributed by atoms with Crippen molar-refractivity contribution in [1.29, 1.82) is 0 Å². The van der Waals surface area contributed by atoms with Gasteiger partial charge in [-0.25, -0.2) is 0 Å². The van der Waals surface area contributed by atoms with Crippen molar-refractivity contribution in [2.24, 2.45) is 11.7 Å². The minimum Gasteiger partial charge on any atom is -0.386 e. The standard InChI is InChI=1S/C10H19NO2/c11-9(6-8-2-3-8)10(12)4-1-5-13-7-10/h8-9,12H,1-7,11H2. The van der Waals surface area contributed by atoms with Crippen LogP contribution in [0.1, 0.15) is 32.1 Å². The van der Waals surface area contributed by atoms with Crippen molar-refractivity contribution < 1.29 is 9.84 Å². The van der Waals surface area contributed by atoms with Crippen LogP contribution in [0.4, 0.5) is 0 Å². The lowest BCUT2D eigenvalue weighted by Gasteiger charge is -2.37. The Kier molecular flexibility index (Phi) is 2.58. The molecule has 2 unspecified atom stereocenters. The lowest BCUT2D eigenvalue weighted by molar-refractivity contribution is -0.101. The van der Waals surface area contributed by atoms with Gasteiger partial charge in [0.1, 0.15) is 5.60 Å². The molecule has 2 rings (SSSR count). The van der Waals surface area contributed by atoms with Crippen molar-refractivity contribution in [1.82, 2.24) is 0 Å². The van der Waals surface area contributed by atoms with E-state index < -0.39 is 5.60 Å². The summed E-state index contributed by atoms with van der Waals surface area (Å²) in [5.41, 5.74) is 5.26. The minimum atomic E-state index is -0.735. The van der Waals surface area contributed by atoms with Gasteiger partial charge in [0.2, 0.25) is 0 Å². The summed E-state index contributed by atoms with van der Waals surface area (Å²) < 4.78 is 5.28. The van der Waals surface area contributed by atoms with Gasteiger partial charge in [-0.2, -0.15) is 0 Å². The zero-order valence-corrected chi connectivity index (χ0v) is 8.04.